The number of para-hydroxylation sites is 2. The Morgan fingerprint density at radius 3 is 2.37 bits per heavy atom. The van der Waals surface area contributed by atoms with Gasteiger partial charge < -0.3 is 10.2 Å². The summed E-state index contributed by atoms with van der Waals surface area (Å²) in [6, 6.07) is 18.4. The lowest BCUT2D eigenvalue weighted by Crippen LogP contribution is -2.50. The van der Waals surface area contributed by atoms with Gasteiger partial charge in [0.2, 0.25) is 5.91 Å². The Bertz CT molecular complexity index is 1030. The lowest BCUT2D eigenvalue weighted by molar-refractivity contribution is -0.117. The minimum Gasteiger partial charge on any atom is -0.335 e. The first-order valence-corrected chi connectivity index (χ1v) is 10.1. The van der Waals surface area contributed by atoms with E-state index in [1.165, 1.54) is 0 Å². The van der Waals surface area contributed by atoms with Gasteiger partial charge in [-0.05, 0) is 30.3 Å². The van der Waals surface area contributed by atoms with Crippen LogP contribution in [0.5, 0.6) is 0 Å². The van der Waals surface area contributed by atoms with Gasteiger partial charge in [0.25, 0.3) is 5.91 Å². The third kappa shape index (κ3) is 4.69. The zero-order valence-corrected chi connectivity index (χ0v) is 17.1. The quantitative estimate of drug-likeness (QED) is 0.685. The van der Waals surface area contributed by atoms with Gasteiger partial charge >= 0.3 is 0 Å². The SMILES string of the molecule is O=C(CN1CCN(C(=O)c2ccn(-c3ccccc3Cl)n2)CC1)Nc1ccccc1. The molecule has 1 fully saturated rings. The molecule has 0 saturated carbocycles. The van der Waals surface area contributed by atoms with Crippen LogP contribution in [-0.2, 0) is 4.79 Å². The lowest BCUT2D eigenvalue weighted by Gasteiger charge is -2.33. The summed E-state index contributed by atoms with van der Waals surface area (Å²) >= 11 is 6.21. The van der Waals surface area contributed by atoms with Crippen LogP contribution in [0.2, 0.25) is 5.02 Å². The number of rotatable bonds is 5. The van der Waals surface area contributed by atoms with Crippen LogP contribution in [0.1, 0.15) is 10.5 Å². The molecule has 0 bridgehead atoms. The van der Waals surface area contributed by atoms with Crippen molar-refractivity contribution in [1.29, 1.82) is 0 Å². The Balaban J connectivity index is 1.30. The van der Waals surface area contributed by atoms with Crippen LogP contribution >= 0.6 is 11.6 Å². The van der Waals surface area contributed by atoms with E-state index in [9.17, 15) is 9.59 Å². The summed E-state index contributed by atoms with van der Waals surface area (Å²) < 4.78 is 1.61. The van der Waals surface area contributed by atoms with Crippen LogP contribution in [0.15, 0.2) is 66.9 Å². The van der Waals surface area contributed by atoms with Gasteiger partial charge in [-0.3, -0.25) is 14.5 Å². The van der Waals surface area contributed by atoms with E-state index in [0.717, 1.165) is 11.4 Å². The van der Waals surface area contributed by atoms with Gasteiger partial charge in [0, 0.05) is 38.1 Å². The maximum atomic E-state index is 12.8. The van der Waals surface area contributed by atoms with E-state index in [-0.39, 0.29) is 11.8 Å². The molecule has 0 unspecified atom stereocenters. The maximum absolute atomic E-state index is 12.8. The van der Waals surface area contributed by atoms with Crippen molar-refractivity contribution in [2.45, 2.75) is 0 Å². The molecule has 0 atom stereocenters. The molecule has 1 aromatic heterocycles. The van der Waals surface area contributed by atoms with Gasteiger partial charge in [-0.1, -0.05) is 41.9 Å². The van der Waals surface area contributed by atoms with Crippen LogP contribution in [-0.4, -0.2) is 64.1 Å². The van der Waals surface area contributed by atoms with Crippen molar-refractivity contribution in [3.8, 4) is 5.69 Å². The van der Waals surface area contributed by atoms with Gasteiger partial charge in [0.1, 0.15) is 0 Å². The summed E-state index contributed by atoms with van der Waals surface area (Å²) in [5.41, 5.74) is 1.89. The second-order valence-corrected chi connectivity index (χ2v) is 7.49. The molecule has 8 heteroatoms. The first kappa shape index (κ1) is 20.1. The van der Waals surface area contributed by atoms with E-state index < -0.39 is 0 Å². The number of amides is 2. The van der Waals surface area contributed by atoms with E-state index in [4.69, 9.17) is 11.6 Å². The zero-order chi connectivity index (χ0) is 20.9. The predicted molar refractivity (Wildman–Crippen MR) is 116 cm³/mol. The minimum atomic E-state index is -0.116. The highest BCUT2D eigenvalue weighted by molar-refractivity contribution is 6.32. The number of hydrogen-bond acceptors (Lipinski definition) is 4. The summed E-state index contributed by atoms with van der Waals surface area (Å²) in [6.45, 7) is 2.68. The number of nitrogens with zero attached hydrogens (tertiary/aromatic N) is 4. The van der Waals surface area contributed by atoms with Crippen molar-refractivity contribution in [2.24, 2.45) is 0 Å². The maximum Gasteiger partial charge on any atom is 0.274 e. The molecule has 2 heterocycles. The largest absolute Gasteiger partial charge is 0.335 e. The molecule has 3 aromatic rings. The average molecular weight is 424 g/mol. The van der Waals surface area contributed by atoms with E-state index in [2.05, 4.69) is 10.4 Å². The topological polar surface area (TPSA) is 70.5 Å². The molecule has 0 spiro atoms. The first-order chi connectivity index (χ1) is 14.6. The Morgan fingerprint density at radius 2 is 1.63 bits per heavy atom. The van der Waals surface area contributed by atoms with Gasteiger partial charge in [0.15, 0.2) is 5.69 Å². The second-order valence-electron chi connectivity index (χ2n) is 7.08. The van der Waals surface area contributed by atoms with E-state index >= 15 is 0 Å². The first-order valence-electron chi connectivity index (χ1n) is 9.77. The van der Waals surface area contributed by atoms with Crippen LogP contribution in [0.3, 0.4) is 0 Å². The zero-order valence-electron chi connectivity index (χ0n) is 16.4. The Kier molecular flexibility index (Phi) is 6.11. The van der Waals surface area contributed by atoms with Crippen molar-refractivity contribution in [3.63, 3.8) is 0 Å². The van der Waals surface area contributed by atoms with Crippen LogP contribution < -0.4 is 5.32 Å². The minimum absolute atomic E-state index is 0.0561. The highest BCUT2D eigenvalue weighted by Crippen LogP contribution is 2.19. The molecule has 1 aliphatic heterocycles. The molecule has 154 valence electrons. The van der Waals surface area contributed by atoms with E-state index in [0.29, 0.717) is 43.4 Å². The molecule has 7 nitrogen and oxygen atoms in total. The molecule has 30 heavy (non-hydrogen) atoms. The fourth-order valence-corrected chi connectivity index (χ4v) is 3.63. The number of carbonyl (C=O) groups excluding carboxylic acids is 2. The Morgan fingerprint density at radius 1 is 0.933 bits per heavy atom. The summed E-state index contributed by atoms with van der Waals surface area (Å²) in [4.78, 5) is 28.9. The lowest BCUT2D eigenvalue weighted by atomic mass is 10.2. The monoisotopic (exact) mass is 423 g/mol. The molecular formula is C22H22ClN5O2. The molecular weight excluding hydrogens is 402 g/mol. The van der Waals surface area contributed by atoms with Crippen molar-refractivity contribution in [1.82, 2.24) is 19.6 Å². The molecule has 4 rings (SSSR count). The Labute approximate surface area is 179 Å². The Hall–Kier alpha value is -3.16. The van der Waals surface area contributed by atoms with Crippen LogP contribution in [0, 0.1) is 0 Å². The molecule has 1 saturated heterocycles. The fraction of sp³-hybridized carbons (Fsp3) is 0.227. The van der Waals surface area contributed by atoms with E-state index in [1.807, 2.05) is 53.4 Å². The van der Waals surface area contributed by atoms with Crippen LogP contribution in [0.25, 0.3) is 5.69 Å². The standard InChI is InChI=1S/C22H22ClN5O2/c23-18-8-4-5-9-20(18)28-11-10-19(25-28)22(30)27-14-12-26(13-15-27)16-21(29)24-17-6-2-1-3-7-17/h1-11H,12-16H2,(H,24,29). The number of halogens is 1. The second kappa shape index (κ2) is 9.11. The smallest absolute Gasteiger partial charge is 0.274 e. The predicted octanol–water partition coefficient (Wildman–Crippen LogP) is 2.92. The van der Waals surface area contributed by atoms with Gasteiger partial charge in [-0.2, -0.15) is 5.10 Å². The number of piperazine rings is 1. The molecule has 1 N–H and O–H groups in total. The number of benzene rings is 2. The molecule has 1 aliphatic rings. The van der Waals surface area contributed by atoms with Crippen molar-refractivity contribution < 1.29 is 9.59 Å². The van der Waals surface area contributed by atoms with Crippen LogP contribution in [0.4, 0.5) is 5.69 Å². The average Bonchev–Trinajstić information content (AvgIpc) is 3.25. The fourth-order valence-electron chi connectivity index (χ4n) is 3.41. The molecule has 2 amide bonds. The number of hydrogen-bond donors (Lipinski definition) is 1. The van der Waals surface area contributed by atoms with E-state index in [1.54, 1.807) is 27.9 Å². The number of carbonyl (C=O) groups is 2. The van der Waals surface area contributed by atoms with Gasteiger partial charge in [-0.25, -0.2) is 4.68 Å². The van der Waals surface area contributed by atoms with Crippen molar-refractivity contribution in [2.75, 3.05) is 38.0 Å². The molecule has 2 aromatic carbocycles. The van der Waals surface area contributed by atoms with Gasteiger partial charge in [0.05, 0.1) is 17.3 Å². The summed E-state index contributed by atoms with van der Waals surface area (Å²) in [5, 5.41) is 7.85. The third-order valence-corrected chi connectivity index (χ3v) is 5.31. The highest BCUT2D eigenvalue weighted by Gasteiger charge is 2.25. The number of aromatic nitrogens is 2. The number of anilines is 1. The third-order valence-electron chi connectivity index (χ3n) is 4.99. The summed E-state index contributed by atoms with van der Waals surface area (Å²) in [7, 11) is 0. The van der Waals surface area contributed by atoms with Crippen molar-refractivity contribution in [3.05, 3.63) is 77.6 Å². The van der Waals surface area contributed by atoms with Gasteiger partial charge in [-0.15, -0.1) is 0 Å². The summed E-state index contributed by atoms with van der Waals surface area (Å²) in [6.07, 6.45) is 1.73. The normalized spacial score (nSPS) is 14.5. The highest BCUT2D eigenvalue weighted by atomic mass is 35.5. The number of nitrogens with one attached hydrogen (secondary N) is 1. The molecule has 0 aliphatic carbocycles. The van der Waals surface area contributed by atoms with Crippen molar-refractivity contribution >= 4 is 29.1 Å². The molecule has 0 radical (unpaired) electrons. The summed E-state index contributed by atoms with van der Waals surface area (Å²) in [5.74, 6) is -0.173.